The quantitative estimate of drug-likeness (QED) is 0.640. The van der Waals surface area contributed by atoms with Crippen LogP contribution in [0.5, 0.6) is 0 Å². The summed E-state index contributed by atoms with van der Waals surface area (Å²) in [5.41, 5.74) is 1.31. The average molecular weight is 224 g/mol. The van der Waals surface area contributed by atoms with Crippen molar-refractivity contribution in [3.05, 3.63) is 12.3 Å². The summed E-state index contributed by atoms with van der Waals surface area (Å²) in [6.45, 7) is 17.0. The SMILES string of the molecule is C=C(C(C)C)N1CCN(CCCCC)CC1. The third-order valence-corrected chi connectivity index (χ3v) is 3.52. The Morgan fingerprint density at radius 3 is 2.25 bits per heavy atom. The van der Waals surface area contributed by atoms with Crippen LogP contribution >= 0.6 is 0 Å². The molecule has 0 N–H and O–H groups in total. The van der Waals surface area contributed by atoms with Crippen LogP contribution in [-0.4, -0.2) is 42.5 Å². The summed E-state index contributed by atoms with van der Waals surface area (Å²) in [6.07, 6.45) is 4.06. The second-order valence-electron chi connectivity index (χ2n) is 5.18. The van der Waals surface area contributed by atoms with Gasteiger partial charge in [0.25, 0.3) is 0 Å². The maximum absolute atomic E-state index is 4.19. The van der Waals surface area contributed by atoms with Gasteiger partial charge in [0.15, 0.2) is 0 Å². The maximum Gasteiger partial charge on any atom is 0.0303 e. The first-order chi connectivity index (χ1) is 7.65. The van der Waals surface area contributed by atoms with Crippen LogP contribution in [0.15, 0.2) is 12.3 Å². The van der Waals surface area contributed by atoms with E-state index in [4.69, 9.17) is 0 Å². The number of unbranched alkanes of at least 4 members (excludes halogenated alkanes) is 2. The fraction of sp³-hybridized carbons (Fsp3) is 0.857. The Balaban J connectivity index is 2.20. The van der Waals surface area contributed by atoms with Gasteiger partial charge in [-0.2, -0.15) is 0 Å². The van der Waals surface area contributed by atoms with E-state index >= 15 is 0 Å². The lowest BCUT2D eigenvalue weighted by atomic mass is 10.1. The van der Waals surface area contributed by atoms with E-state index in [1.54, 1.807) is 0 Å². The number of hydrogen-bond donors (Lipinski definition) is 0. The van der Waals surface area contributed by atoms with Gasteiger partial charge in [0.2, 0.25) is 0 Å². The monoisotopic (exact) mass is 224 g/mol. The fourth-order valence-electron chi connectivity index (χ4n) is 2.21. The van der Waals surface area contributed by atoms with Crippen molar-refractivity contribution in [3.8, 4) is 0 Å². The van der Waals surface area contributed by atoms with Crippen LogP contribution in [0.2, 0.25) is 0 Å². The Morgan fingerprint density at radius 1 is 1.12 bits per heavy atom. The van der Waals surface area contributed by atoms with Crippen molar-refractivity contribution in [1.29, 1.82) is 0 Å². The first kappa shape index (κ1) is 13.6. The van der Waals surface area contributed by atoms with Gasteiger partial charge in [-0.25, -0.2) is 0 Å². The number of nitrogens with zero attached hydrogens (tertiary/aromatic N) is 2. The highest BCUT2D eigenvalue weighted by molar-refractivity contribution is 4.98. The Labute approximate surface area is 101 Å². The minimum absolute atomic E-state index is 0.589. The van der Waals surface area contributed by atoms with Crippen molar-refractivity contribution in [3.63, 3.8) is 0 Å². The van der Waals surface area contributed by atoms with E-state index in [0.717, 1.165) is 0 Å². The number of hydrogen-bond acceptors (Lipinski definition) is 2. The molecule has 16 heavy (non-hydrogen) atoms. The molecule has 0 amide bonds. The van der Waals surface area contributed by atoms with Gasteiger partial charge in [-0.15, -0.1) is 0 Å². The second kappa shape index (κ2) is 6.95. The van der Waals surface area contributed by atoms with Crippen LogP contribution in [0.25, 0.3) is 0 Å². The molecule has 1 fully saturated rings. The van der Waals surface area contributed by atoms with Crippen LogP contribution in [0.4, 0.5) is 0 Å². The largest absolute Gasteiger partial charge is 0.373 e. The molecule has 0 unspecified atom stereocenters. The first-order valence-corrected chi connectivity index (χ1v) is 6.81. The average Bonchev–Trinajstić information content (AvgIpc) is 2.29. The highest BCUT2D eigenvalue weighted by Crippen LogP contribution is 2.15. The molecule has 0 spiro atoms. The van der Waals surface area contributed by atoms with E-state index in [0.29, 0.717) is 5.92 Å². The standard InChI is InChI=1S/C14H28N2/c1-5-6-7-8-15-9-11-16(12-10-15)14(4)13(2)3/h13H,4-12H2,1-3H3. The molecule has 1 saturated heterocycles. The summed E-state index contributed by atoms with van der Waals surface area (Å²) in [4.78, 5) is 5.06. The predicted octanol–water partition coefficient (Wildman–Crippen LogP) is 2.96. The molecule has 0 aromatic heterocycles. The number of piperazine rings is 1. The van der Waals surface area contributed by atoms with Crippen LogP contribution in [0, 0.1) is 5.92 Å². The Morgan fingerprint density at radius 2 is 1.75 bits per heavy atom. The molecule has 0 aliphatic carbocycles. The van der Waals surface area contributed by atoms with Gasteiger partial charge in [0, 0.05) is 31.9 Å². The lowest BCUT2D eigenvalue weighted by molar-refractivity contribution is 0.149. The molecular formula is C14H28N2. The predicted molar refractivity (Wildman–Crippen MR) is 71.5 cm³/mol. The number of rotatable bonds is 6. The van der Waals surface area contributed by atoms with Crippen molar-refractivity contribution in [2.45, 2.75) is 40.0 Å². The van der Waals surface area contributed by atoms with Gasteiger partial charge >= 0.3 is 0 Å². The highest BCUT2D eigenvalue weighted by Gasteiger charge is 2.18. The minimum atomic E-state index is 0.589. The highest BCUT2D eigenvalue weighted by atomic mass is 15.3. The normalized spacial score (nSPS) is 18.1. The van der Waals surface area contributed by atoms with E-state index in [1.165, 1.54) is 57.7 Å². The number of allylic oxidation sites excluding steroid dienone is 1. The van der Waals surface area contributed by atoms with Gasteiger partial charge in [-0.1, -0.05) is 40.2 Å². The van der Waals surface area contributed by atoms with Crippen molar-refractivity contribution in [2.24, 2.45) is 5.92 Å². The van der Waals surface area contributed by atoms with E-state index < -0.39 is 0 Å². The Bertz CT molecular complexity index is 203. The molecule has 0 atom stereocenters. The van der Waals surface area contributed by atoms with Crippen molar-refractivity contribution < 1.29 is 0 Å². The topological polar surface area (TPSA) is 6.48 Å². The molecular weight excluding hydrogens is 196 g/mol. The van der Waals surface area contributed by atoms with Crippen molar-refractivity contribution in [1.82, 2.24) is 9.80 Å². The molecule has 0 bridgehead atoms. The zero-order valence-electron chi connectivity index (χ0n) is 11.3. The third-order valence-electron chi connectivity index (χ3n) is 3.52. The van der Waals surface area contributed by atoms with E-state index in [9.17, 15) is 0 Å². The molecule has 1 aliphatic rings. The molecule has 0 radical (unpaired) electrons. The van der Waals surface area contributed by atoms with Crippen molar-refractivity contribution in [2.75, 3.05) is 32.7 Å². The van der Waals surface area contributed by atoms with Crippen LogP contribution in [0.1, 0.15) is 40.0 Å². The van der Waals surface area contributed by atoms with Gasteiger partial charge in [0.1, 0.15) is 0 Å². The molecule has 2 heteroatoms. The summed E-state index contributed by atoms with van der Waals surface area (Å²) in [5.74, 6) is 0.589. The summed E-state index contributed by atoms with van der Waals surface area (Å²) in [7, 11) is 0. The van der Waals surface area contributed by atoms with Crippen LogP contribution in [0.3, 0.4) is 0 Å². The second-order valence-corrected chi connectivity index (χ2v) is 5.18. The molecule has 2 nitrogen and oxygen atoms in total. The Hall–Kier alpha value is -0.500. The summed E-state index contributed by atoms with van der Waals surface area (Å²) in [5, 5.41) is 0. The molecule has 1 aliphatic heterocycles. The lowest BCUT2D eigenvalue weighted by Gasteiger charge is -2.38. The Kier molecular flexibility index (Phi) is 5.89. The fourth-order valence-corrected chi connectivity index (χ4v) is 2.21. The van der Waals surface area contributed by atoms with Crippen LogP contribution in [-0.2, 0) is 0 Å². The zero-order chi connectivity index (χ0) is 12.0. The maximum atomic E-state index is 4.19. The molecule has 1 heterocycles. The molecule has 94 valence electrons. The van der Waals surface area contributed by atoms with E-state index in [-0.39, 0.29) is 0 Å². The molecule has 0 saturated carbocycles. The van der Waals surface area contributed by atoms with E-state index in [2.05, 4.69) is 37.1 Å². The zero-order valence-corrected chi connectivity index (χ0v) is 11.3. The summed E-state index contributed by atoms with van der Waals surface area (Å²) >= 11 is 0. The van der Waals surface area contributed by atoms with Gasteiger partial charge in [-0.3, -0.25) is 4.90 Å². The third kappa shape index (κ3) is 4.17. The molecule has 0 aromatic carbocycles. The lowest BCUT2D eigenvalue weighted by Crippen LogP contribution is -2.46. The van der Waals surface area contributed by atoms with Gasteiger partial charge in [0.05, 0.1) is 0 Å². The smallest absolute Gasteiger partial charge is 0.0303 e. The van der Waals surface area contributed by atoms with Crippen LogP contribution < -0.4 is 0 Å². The first-order valence-electron chi connectivity index (χ1n) is 6.81. The van der Waals surface area contributed by atoms with Gasteiger partial charge in [-0.05, 0) is 18.9 Å². The van der Waals surface area contributed by atoms with E-state index in [1.807, 2.05) is 0 Å². The minimum Gasteiger partial charge on any atom is -0.373 e. The van der Waals surface area contributed by atoms with Crippen molar-refractivity contribution >= 4 is 0 Å². The summed E-state index contributed by atoms with van der Waals surface area (Å²) in [6, 6.07) is 0. The summed E-state index contributed by atoms with van der Waals surface area (Å²) < 4.78 is 0. The van der Waals surface area contributed by atoms with Gasteiger partial charge < -0.3 is 4.90 Å². The molecule has 1 rings (SSSR count). The molecule has 0 aromatic rings.